The van der Waals surface area contributed by atoms with Crippen LogP contribution in [0.4, 0.5) is 11.5 Å². The first kappa shape index (κ1) is 18.9. The SMILES string of the molecule is Cc1ccc(N2CN(CC(=O)N3CCCCC3)S(=O)(=O)c3cccnc32)cc1. The van der Waals surface area contributed by atoms with Crippen molar-refractivity contribution in [3.05, 3.63) is 48.2 Å². The number of nitrogens with zero attached hydrogens (tertiary/aromatic N) is 4. The predicted molar refractivity (Wildman–Crippen MR) is 107 cm³/mol. The van der Waals surface area contributed by atoms with Crippen LogP contribution in [0.25, 0.3) is 0 Å². The summed E-state index contributed by atoms with van der Waals surface area (Å²) in [7, 11) is -3.78. The minimum absolute atomic E-state index is 0.0645. The molecule has 1 saturated heterocycles. The van der Waals surface area contributed by atoms with Crippen molar-refractivity contribution >= 4 is 27.4 Å². The number of fused-ring (bicyclic) bond motifs is 1. The zero-order chi connectivity index (χ0) is 19.7. The number of pyridine rings is 1. The largest absolute Gasteiger partial charge is 0.342 e. The molecular weight excluding hydrogens is 376 g/mol. The van der Waals surface area contributed by atoms with Gasteiger partial charge in [-0.15, -0.1) is 0 Å². The van der Waals surface area contributed by atoms with Gasteiger partial charge in [0.15, 0.2) is 5.82 Å². The van der Waals surface area contributed by atoms with Gasteiger partial charge in [-0.25, -0.2) is 13.4 Å². The Kier molecular flexibility index (Phi) is 5.07. The number of aromatic nitrogens is 1. The molecular formula is C20H24N4O3S. The Labute approximate surface area is 165 Å². The van der Waals surface area contributed by atoms with E-state index in [-0.39, 0.29) is 24.0 Å². The Morgan fingerprint density at radius 2 is 1.79 bits per heavy atom. The van der Waals surface area contributed by atoms with Crippen molar-refractivity contribution in [3.63, 3.8) is 0 Å². The van der Waals surface area contributed by atoms with Crippen LogP contribution in [0.1, 0.15) is 24.8 Å². The standard InChI is InChI=1S/C20H24N4O3S/c1-16-7-9-17(10-8-16)24-15-23(14-19(25)22-12-3-2-4-13-22)28(26,27)18-6-5-11-21-20(18)24/h5-11H,2-4,12-15H2,1H3. The Hall–Kier alpha value is -2.45. The van der Waals surface area contributed by atoms with Crippen molar-refractivity contribution in [2.45, 2.75) is 31.1 Å². The van der Waals surface area contributed by atoms with Crippen molar-refractivity contribution in [1.82, 2.24) is 14.2 Å². The molecule has 0 N–H and O–H groups in total. The molecule has 28 heavy (non-hydrogen) atoms. The van der Waals surface area contributed by atoms with Gasteiger partial charge in [-0.3, -0.25) is 4.79 Å². The molecule has 0 unspecified atom stereocenters. The van der Waals surface area contributed by atoms with Crippen LogP contribution in [-0.4, -0.2) is 54.8 Å². The lowest BCUT2D eigenvalue weighted by Crippen LogP contribution is -2.50. The monoisotopic (exact) mass is 400 g/mol. The first-order chi connectivity index (χ1) is 13.5. The number of piperidine rings is 1. The summed E-state index contributed by atoms with van der Waals surface area (Å²) < 4.78 is 27.5. The van der Waals surface area contributed by atoms with E-state index in [1.807, 2.05) is 36.1 Å². The van der Waals surface area contributed by atoms with E-state index in [4.69, 9.17) is 0 Å². The minimum Gasteiger partial charge on any atom is -0.342 e. The maximum Gasteiger partial charge on any atom is 0.248 e. The molecule has 0 bridgehead atoms. The molecule has 148 valence electrons. The first-order valence-corrected chi connectivity index (χ1v) is 11.0. The molecule has 1 aromatic carbocycles. The Morgan fingerprint density at radius 3 is 2.50 bits per heavy atom. The number of anilines is 2. The number of sulfonamides is 1. The molecule has 0 radical (unpaired) electrons. The fourth-order valence-electron chi connectivity index (χ4n) is 3.68. The smallest absolute Gasteiger partial charge is 0.248 e. The van der Waals surface area contributed by atoms with Gasteiger partial charge < -0.3 is 9.80 Å². The van der Waals surface area contributed by atoms with Crippen LogP contribution in [0.3, 0.4) is 0 Å². The van der Waals surface area contributed by atoms with Crippen LogP contribution >= 0.6 is 0 Å². The van der Waals surface area contributed by atoms with Crippen molar-refractivity contribution in [2.24, 2.45) is 0 Å². The average Bonchev–Trinajstić information content (AvgIpc) is 2.71. The average molecular weight is 401 g/mol. The molecule has 3 heterocycles. The lowest BCUT2D eigenvalue weighted by Gasteiger charge is -2.37. The quantitative estimate of drug-likeness (QED) is 0.791. The number of hydrogen-bond donors (Lipinski definition) is 0. The van der Waals surface area contributed by atoms with E-state index in [0.29, 0.717) is 18.9 Å². The van der Waals surface area contributed by atoms with Crippen LogP contribution in [0.15, 0.2) is 47.5 Å². The van der Waals surface area contributed by atoms with Gasteiger partial charge in [-0.2, -0.15) is 4.31 Å². The van der Waals surface area contributed by atoms with Gasteiger partial charge in [0.1, 0.15) is 4.90 Å². The van der Waals surface area contributed by atoms with Gasteiger partial charge in [-0.1, -0.05) is 17.7 Å². The summed E-state index contributed by atoms with van der Waals surface area (Å²) >= 11 is 0. The predicted octanol–water partition coefficient (Wildman–Crippen LogP) is 2.50. The topological polar surface area (TPSA) is 73.8 Å². The molecule has 0 spiro atoms. The number of benzene rings is 1. The third-order valence-electron chi connectivity index (χ3n) is 5.29. The number of rotatable bonds is 3. The third-order valence-corrected chi connectivity index (χ3v) is 7.09. The molecule has 1 fully saturated rings. The lowest BCUT2D eigenvalue weighted by molar-refractivity contribution is -0.132. The Balaban J connectivity index is 1.68. The highest BCUT2D eigenvalue weighted by Crippen LogP contribution is 2.36. The van der Waals surface area contributed by atoms with E-state index >= 15 is 0 Å². The summed E-state index contributed by atoms with van der Waals surface area (Å²) in [5.74, 6) is 0.257. The molecule has 7 nitrogen and oxygen atoms in total. The number of amides is 1. The number of hydrogen-bond acceptors (Lipinski definition) is 5. The summed E-state index contributed by atoms with van der Waals surface area (Å²) in [6.07, 6.45) is 4.65. The fourth-order valence-corrected chi connectivity index (χ4v) is 5.15. The van der Waals surface area contributed by atoms with Crippen LogP contribution in [-0.2, 0) is 14.8 Å². The Bertz CT molecular complexity index is 969. The third kappa shape index (κ3) is 3.49. The summed E-state index contributed by atoms with van der Waals surface area (Å²) in [5, 5.41) is 0. The van der Waals surface area contributed by atoms with E-state index in [1.165, 1.54) is 4.31 Å². The lowest BCUT2D eigenvalue weighted by atomic mass is 10.1. The van der Waals surface area contributed by atoms with E-state index in [2.05, 4.69) is 4.98 Å². The molecule has 4 rings (SSSR count). The Morgan fingerprint density at radius 1 is 1.07 bits per heavy atom. The van der Waals surface area contributed by atoms with E-state index in [9.17, 15) is 13.2 Å². The maximum atomic E-state index is 13.1. The highest BCUT2D eigenvalue weighted by molar-refractivity contribution is 7.89. The zero-order valence-electron chi connectivity index (χ0n) is 15.9. The van der Waals surface area contributed by atoms with Gasteiger partial charge in [0.05, 0.1) is 13.2 Å². The van der Waals surface area contributed by atoms with Crippen LogP contribution in [0.5, 0.6) is 0 Å². The van der Waals surface area contributed by atoms with E-state index < -0.39 is 10.0 Å². The number of carbonyl (C=O) groups is 1. The fraction of sp³-hybridized carbons (Fsp3) is 0.400. The van der Waals surface area contributed by atoms with Crippen LogP contribution in [0, 0.1) is 6.92 Å². The van der Waals surface area contributed by atoms with Gasteiger partial charge in [0, 0.05) is 25.0 Å². The molecule has 0 aliphatic carbocycles. The molecule has 8 heteroatoms. The van der Waals surface area contributed by atoms with Crippen molar-refractivity contribution in [2.75, 3.05) is 31.2 Å². The second kappa shape index (κ2) is 7.52. The normalized spacial score (nSPS) is 19.3. The molecule has 2 aromatic rings. The molecule has 0 atom stereocenters. The summed E-state index contributed by atoms with van der Waals surface area (Å²) in [6, 6.07) is 11.0. The number of aryl methyl sites for hydroxylation is 1. The summed E-state index contributed by atoms with van der Waals surface area (Å²) in [6.45, 7) is 3.31. The minimum atomic E-state index is -3.78. The second-order valence-electron chi connectivity index (χ2n) is 7.29. The maximum absolute atomic E-state index is 13.1. The zero-order valence-corrected chi connectivity index (χ0v) is 16.7. The van der Waals surface area contributed by atoms with Crippen molar-refractivity contribution in [3.8, 4) is 0 Å². The van der Waals surface area contributed by atoms with E-state index in [1.54, 1.807) is 23.2 Å². The van der Waals surface area contributed by atoms with Crippen molar-refractivity contribution < 1.29 is 13.2 Å². The number of likely N-dealkylation sites (tertiary alicyclic amines) is 1. The van der Waals surface area contributed by atoms with Crippen LogP contribution in [0.2, 0.25) is 0 Å². The second-order valence-corrected chi connectivity index (χ2v) is 9.19. The molecule has 1 amide bonds. The molecule has 2 aliphatic rings. The number of carbonyl (C=O) groups excluding carboxylic acids is 1. The summed E-state index contributed by atoms with van der Waals surface area (Å²) in [4.78, 5) is 20.8. The highest BCUT2D eigenvalue weighted by atomic mass is 32.2. The molecule has 0 saturated carbocycles. The molecule has 1 aromatic heterocycles. The van der Waals surface area contributed by atoms with Gasteiger partial charge in [0.25, 0.3) is 0 Å². The van der Waals surface area contributed by atoms with Gasteiger partial charge in [-0.05, 0) is 50.5 Å². The van der Waals surface area contributed by atoms with Crippen molar-refractivity contribution in [1.29, 1.82) is 0 Å². The van der Waals surface area contributed by atoms with Gasteiger partial charge in [0.2, 0.25) is 15.9 Å². The van der Waals surface area contributed by atoms with E-state index in [0.717, 1.165) is 30.5 Å². The van der Waals surface area contributed by atoms with Crippen LogP contribution < -0.4 is 4.90 Å². The van der Waals surface area contributed by atoms with Gasteiger partial charge >= 0.3 is 0 Å². The summed E-state index contributed by atoms with van der Waals surface area (Å²) in [5.41, 5.74) is 1.96. The molecule has 2 aliphatic heterocycles. The highest BCUT2D eigenvalue weighted by Gasteiger charge is 2.38. The first-order valence-electron chi connectivity index (χ1n) is 9.54.